The van der Waals surface area contributed by atoms with Crippen LogP contribution in [-0.2, 0) is 0 Å². The van der Waals surface area contributed by atoms with Crippen LogP contribution in [0, 0.1) is 10.1 Å². The molecule has 0 spiro atoms. The SMILES string of the molecule is Nc1ccc([N+](=O)[O-])cc1C(=O)CCCl. The smallest absolute Gasteiger partial charge is 0.270 e. The van der Waals surface area contributed by atoms with E-state index in [0.29, 0.717) is 0 Å². The number of halogens is 1. The van der Waals surface area contributed by atoms with Crippen LogP contribution >= 0.6 is 11.6 Å². The summed E-state index contributed by atoms with van der Waals surface area (Å²) in [6.45, 7) is 0. The molecule has 0 saturated carbocycles. The lowest BCUT2D eigenvalue weighted by Crippen LogP contribution is -2.05. The van der Waals surface area contributed by atoms with E-state index in [2.05, 4.69) is 0 Å². The summed E-state index contributed by atoms with van der Waals surface area (Å²) in [5.74, 6) is -0.118. The summed E-state index contributed by atoms with van der Waals surface area (Å²) in [5, 5.41) is 10.5. The second-order valence-corrected chi connectivity index (χ2v) is 3.27. The lowest BCUT2D eigenvalue weighted by atomic mass is 10.1. The minimum Gasteiger partial charge on any atom is -0.398 e. The Kier molecular flexibility index (Phi) is 3.62. The molecule has 0 aliphatic heterocycles. The number of nitrogens with two attached hydrogens (primary N) is 1. The van der Waals surface area contributed by atoms with Gasteiger partial charge in [-0.2, -0.15) is 0 Å². The fourth-order valence-corrected chi connectivity index (χ4v) is 1.29. The van der Waals surface area contributed by atoms with Gasteiger partial charge in [0.15, 0.2) is 5.78 Å². The van der Waals surface area contributed by atoms with Crippen LogP contribution in [0.25, 0.3) is 0 Å². The molecule has 0 radical (unpaired) electrons. The number of nitro benzene ring substituents is 1. The molecule has 5 nitrogen and oxygen atoms in total. The molecule has 6 heteroatoms. The number of rotatable bonds is 4. The van der Waals surface area contributed by atoms with E-state index in [1.165, 1.54) is 18.2 Å². The van der Waals surface area contributed by atoms with Crippen molar-refractivity contribution < 1.29 is 9.72 Å². The van der Waals surface area contributed by atoms with E-state index in [9.17, 15) is 14.9 Å². The van der Waals surface area contributed by atoms with E-state index >= 15 is 0 Å². The Hall–Kier alpha value is -1.62. The first kappa shape index (κ1) is 11.5. The zero-order valence-corrected chi connectivity index (χ0v) is 8.53. The molecule has 0 heterocycles. The maximum absolute atomic E-state index is 11.5. The Bertz CT molecular complexity index is 406. The number of anilines is 1. The number of carbonyl (C=O) groups excluding carboxylic acids is 1. The number of non-ortho nitro benzene ring substituents is 1. The lowest BCUT2D eigenvalue weighted by Gasteiger charge is -2.02. The molecule has 1 rings (SSSR count). The number of carbonyl (C=O) groups is 1. The highest BCUT2D eigenvalue weighted by Gasteiger charge is 2.14. The van der Waals surface area contributed by atoms with Crippen molar-refractivity contribution in [3.05, 3.63) is 33.9 Å². The van der Waals surface area contributed by atoms with Gasteiger partial charge in [-0.05, 0) is 6.07 Å². The molecule has 0 saturated heterocycles. The van der Waals surface area contributed by atoms with E-state index in [-0.39, 0.29) is 35.0 Å². The molecule has 0 amide bonds. The quantitative estimate of drug-likeness (QED) is 0.281. The van der Waals surface area contributed by atoms with Crippen molar-refractivity contribution in [2.24, 2.45) is 0 Å². The fourth-order valence-electron chi connectivity index (χ4n) is 1.12. The molecule has 1 aromatic carbocycles. The Morgan fingerprint density at radius 3 is 2.73 bits per heavy atom. The number of nitrogen functional groups attached to an aromatic ring is 1. The van der Waals surface area contributed by atoms with Gasteiger partial charge in [0.05, 0.1) is 4.92 Å². The van der Waals surface area contributed by atoms with Crippen LogP contribution in [0.3, 0.4) is 0 Å². The van der Waals surface area contributed by atoms with Crippen molar-refractivity contribution in [3.8, 4) is 0 Å². The third kappa shape index (κ3) is 2.66. The Labute approximate surface area is 91.0 Å². The number of alkyl halides is 1. The first-order valence-electron chi connectivity index (χ1n) is 4.19. The van der Waals surface area contributed by atoms with Gasteiger partial charge in [-0.3, -0.25) is 14.9 Å². The zero-order valence-electron chi connectivity index (χ0n) is 7.77. The van der Waals surface area contributed by atoms with E-state index < -0.39 is 4.92 Å². The third-order valence-electron chi connectivity index (χ3n) is 1.87. The normalized spacial score (nSPS) is 9.93. The summed E-state index contributed by atoms with van der Waals surface area (Å²) in [7, 11) is 0. The van der Waals surface area contributed by atoms with Crippen LogP contribution in [0.15, 0.2) is 18.2 Å². The average molecular weight is 229 g/mol. The van der Waals surface area contributed by atoms with Gasteiger partial charge in [-0.1, -0.05) is 0 Å². The summed E-state index contributed by atoms with van der Waals surface area (Å²) >= 11 is 5.41. The minimum atomic E-state index is -0.573. The highest BCUT2D eigenvalue weighted by molar-refractivity contribution is 6.19. The topological polar surface area (TPSA) is 86.2 Å². The minimum absolute atomic E-state index is 0.118. The van der Waals surface area contributed by atoms with Crippen LogP contribution in [0.5, 0.6) is 0 Å². The first-order valence-corrected chi connectivity index (χ1v) is 4.72. The van der Waals surface area contributed by atoms with Crippen LogP contribution in [0.4, 0.5) is 11.4 Å². The largest absolute Gasteiger partial charge is 0.398 e. The van der Waals surface area contributed by atoms with Crippen molar-refractivity contribution in [1.29, 1.82) is 0 Å². The summed E-state index contributed by atoms with van der Waals surface area (Å²) in [4.78, 5) is 21.4. The molecule has 0 unspecified atom stereocenters. The zero-order chi connectivity index (χ0) is 11.4. The third-order valence-corrected chi connectivity index (χ3v) is 2.06. The van der Waals surface area contributed by atoms with Crippen molar-refractivity contribution in [2.75, 3.05) is 11.6 Å². The van der Waals surface area contributed by atoms with Gasteiger partial charge >= 0.3 is 0 Å². The summed E-state index contributed by atoms with van der Waals surface area (Å²) in [6, 6.07) is 3.77. The van der Waals surface area contributed by atoms with E-state index in [1.54, 1.807) is 0 Å². The number of hydrogen-bond donors (Lipinski definition) is 1. The number of Topliss-reactive ketones (excluding diaryl/α,β-unsaturated/α-hetero) is 1. The number of ketones is 1. The molecular weight excluding hydrogens is 220 g/mol. The molecule has 15 heavy (non-hydrogen) atoms. The van der Waals surface area contributed by atoms with Crippen LogP contribution in [0.2, 0.25) is 0 Å². The number of benzene rings is 1. The van der Waals surface area contributed by atoms with Crippen molar-refractivity contribution in [2.45, 2.75) is 6.42 Å². The predicted molar refractivity (Wildman–Crippen MR) is 57.2 cm³/mol. The van der Waals surface area contributed by atoms with Crippen LogP contribution < -0.4 is 5.73 Å². The van der Waals surface area contributed by atoms with Crippen LogP contribution in [-0.4, -0.2) is 16.6 Å². The molecule has 2 N–H and O–H groups in total. The van der Waals surface area contributed by atoms with Gasteiger partial charge < -0.3 is 5.73 Å². The number of nitro groups is 1. The second-order valence-electron chi connectivity index (χ2n) is 2.89. The molecule has 0 aliphatic carbocycles. The van der Waals surface area contributed by atoms with Crippen LogP contribution in [0.1, 0.15) is 16.8 Å². The Morgan fingerprint density at radius 2 is 2.20 bits per heavy atom. The second kappa shape index (κ2) is 4.75. The number of nitrogens with zero attached hydrogens (tertiary/aromatic N) is 1. The van der Waals surface area contributed by atoms with E-state index in [1.807, 2.05) is 0 Å². The van der Waals surface area contributed by atoms with E-state index in [4.69, 9.17) is 17.3 Å². The Morgan fingerprint density at radius 1 is 1.53 bits per heavy atom. The molecular formula is C9H9ClN2O3. The molecule has 0 fully saturated rings. The standard InChI is InChI=1S/C9H9ClN2O3/c10-4-3-9(13)7-5-6(12(14)15)1-2-8(7)11/h1-2,5H,3-4,11H2. The molecule has 0 bridgehead atoms. The highest BCUT2D eigenvalue weighted by Crippen LogP contribution is 2.20. The maximum atomic E-state index is 11.5. The van der Waals surface area contributed by atoms with Gasteiger partial charge in [0.1, 0.15) is 0 Å². The molecule has 0 atom stereocenters. The van der Waals surface area contributed by atoms with E-state index in [0.717, 1.165) is 0 Å². The first-order chi connectivity index (χ1) is 7.06. The average Bonchev–Trinajstić information content (AvgIpc) is 2.18. The summed E-state index contributed by atoms with van der Waals surface area (Å²) in [5.41, 5.74) is 5.77. The monoisotopic (exact) mass is 228 g/mol. The fraction of sp³-hybridized carbons (Fsp3) is 0.222. The highest BCUT2D eigenvalue weighted by atomic mass is 35.5. The van der Waals surface area contributed by atoms with Gasteiger partial charge in [0.2, 0.25) is 0 Å². The van der Waals surface area contributed by atoms with Gasteiger partial charge in [0.25, 0.3) is 5.69 Å². The maximum Gasteiger partial charge on any atom is 0.270 e. The predicted octanol–water partition coefficient (Wildman–Crippen LogP) is 1.99. The lowest BCUT2D eigenvalue weighted by molar-refractivity contribution is -0.384. The molecule has 0 aliphatic rings. The number of hydrogen-bond acceptors (Lipinski definition) is 4. The van der Waals surface area contributed by atoms with Crippen molar-refractivity contribution >= 4 is 28.8 Å². The molecule has 1 aromatic rings. The van der Waals surface area contributed by atoms with Crippen molar-refractivity contribution in [3.63, 3.8) is 0 Å². The van der Waals surface area contributed by atoms with Crippen molar-refractivity contribution in [1.82, 2.24) is 0 Å². The summed E-state index contributed by atoms with van der Waals surface area (Å²) in [6.07, 6.45) is 0.118. The molecule has 80 valence electrons. The molecule has 0 aromatic heterocycles. The summed E-state index contributed by atoms with van der Waals surface area (Å²) < 4.78 is 0. The Balaban J connectivity index is 3.10. The van der Waals surface area contributed by atoms with Gasteiger partial charge in [-0.25, -0.2) is 0 Å². The van der Waals surface area contributed by atoms with Gasteiger partial charge in [0, 0.05) is 35.7 Å². The van der Waals surface area contributed by atoms with Gasteiger partial charge in [-0.15, -0.1) is 11.6 Å².